The van der Waals surface area contributed by atoms with E-state index in [9.17, 15) is 10.1 Å². The van der Waals surface area contributed by atoms with Gasteiger partial charge in [0, 0.05) is 16.7 Å². The summed E-state index contributed by atoms with van der Waals surface area (Å²) >= 11 is 3.12. The van der Waals surface area contributed by atoms with Crippen LogP contribution in [0.25, 0.3) is 0 Å². The van der Waals surface area contributed by atoms with E-state index in [0.717, 1.165) is 12.8 Å². The van der Waals surface area contributed by atoms with Gasteiger partial charge in [-0.2, -0.15) is 0 Å². The lowest BCUT2D eigenvalue weighted by atomic mass is 10.3. The molecule has 0 aliphatic heterocycles. The Labute approximate surface area is 101 Å². The molecule has 0 atom stereocenters. The number of rotatable bonds is 6. The lowest BCUT2D eigenvalue weighted by Crippen LogP contribution is -2.02. The topological polar surface area (TPSA) is 65.3 Å². The summed E-state index contributed by atoms with van der Waals surface area (Å²) in [5.41, 5.74) is -0.132. The standard InChI is InChI=1S/C10H11BrN2O3/c1-2-3-4-5-16-10-9(13(14)15)6-8(11)7-12-10/h2,6-7H,1,3-5H2. The first kappa shape index (κ1) is 12.6. The average Bonchev–Trinajstić information content (AvgIpc) is 2.26. The SMILES string of the molecule is C=CCCCOc1ncc(Br)cc1[N+](=O)[O-]. The summed E-state index contributed by atoms with van der Waals surface area (Å²) in [4.78, 5) is 14.1. The van der Waals surface area contributed by atoms with E-state index in [0.29, 0.717) is 11.1 Å². The molecule has 0 aliphatic carbocycles. The van der Waals surface area contributed by atoms with E-state index in [4.69, 9.17) is 4.74 Å². The summed E-state index contributed by atoms with van der Waals surface area (Å²) in [6, 6.07) is 1.37. The molecule has 0 radical (unpaired) electrons. The quantitative estimate of drug-likeness (QED) is 0.349. The molecule has 1 rings (SSSR count). The van der Waals surface area contributed by atoms with Crippen LogP contribution in [-0.2, 0) is 0 Å². The zero-order valence-electron chi connectivity index (χ0n) is 8.56. The van der Waals surface area contributed by atoms with Crippen LogP contribution >= 0.6 is 15.9 Å². The fourth-order valence-corrected chi connectivity index (χ4v) is 1.37. The van der Waals surface area contributed by atoms with Crippen LogP contribution in [-0.4, -0.2) is 16.5 Å². The molecule has 0 saturated carbocycles. The maximum absolute atomic E-state index is 10.7. The number of nitro groups is 1. The van der Waals surface area contributed by atoms with Crippen molar-refractivity contribution in [2.45, 2.75) is 12.8 Å². The van der Waals surface area contributed by atoms with E-state index < -0.39 is 4.92 Å². The van der Waals surface area contributed by atoms with Gasteiger partial charge in [-0.15, -0.1) is 6.58 Å². The smallest absolute Gasteiger partial charge is 0.332 e. The van der Waals surface area contributed by atoms with Gasteiger partial charge in [-0.25, -0.2) is 4.98 Å². The number of aromatic nitrogens is 1. The monoisotopic (exact) mass is 286 g/mol. The normalized spacial score (nSPS) is 9.81. The van der Waals surface area contributed by atoms with Crippen LogP contribution in [0.15, 0.2) is 29.4 Å². The van der Waals surface area contributed by atoms with E-state index in [-0.39, 0.29) is 11.6 Å². The largest absolute Gasteiger partial charge is 0.473 e. The Morgan fingerprint density at radius 1 is 1.69 bits per heavy atom. The molecule has 0 saturated heterocycles. The van der Waals surface area contributed by atoms with Gasteiger partial charge in [-0.05, 0) is 28.8 Å². The van der Waals surface area contributed by atoms with E-state index in [2.05, 4.69) is 27.5 Å². The minimum atomic E-state index is -0.513. The van der Waals surface area contributed by atoms with Crippen LogP contribution in [0.5, 0.6) is 5.88 Å². The highest BCUT2D eigenvalue weighted by atomic mass is 79.9. The third-order valence-corrected chi connectivity index (χ3v) is 2.22. The summed E-state index contributed by atoms with van der Waals surface area (Å²) in [7, 11) is 0. The molecule has 0 spiro atoms. The first-order valence-corrected chi connectivity index (χ1v) is 5.48. The molecule has 1 heterocycles. The van der Waals surface area contributed by atoms with Gasteiger partial charge in [0.25, 0.3) is 5.88 Å². The molecule has 6 heteroatoms. The predicted molar refractivity (Wildman–Crippen MR) is 63.5 cm³/mol. The lowest BCUT2D eigenvalue weighted by Gasteiger charge is -2.04. The van der Waals surface area contributed by atoms with Crippen molar-refractivity contribution in [3.63, 3.8) is 0 Å². The molecule has 0 unspecified atom stereocenters. The number of ether oxygens (including phenoxy) is 1. The molecule has 16 heavy (non-hydrogen) atoms. The van der Waals surface area contributed by atoms with Crippen LogP contribution in [0, 0.1) is 10.1 Å². The Bertz CT molecular complexity index is 396. The molecule has 0 bridgehead atoms. The van der Waals surface area contributed by atoms with Gasteiger partial charge in [0.15, 0.2) is 0 Å². The molecular formula is C10H11BrN2O3. The second-order valence-electron chi connectivity index (χ2n) is 3.01. The zero-order chi connectivity index (χ0) is 12.0. The fraction of sp³-hybridized carbons (Fsp3) is 0.300. The Balaban J connectivity index is 2.71. The minimum absolute atomic E-state index is 0.0530. The van der Waals surface area contributed by atoms with Crippen LogP contribution in [0.2, 0.25) is 0 Å². The number of nitrogens with zero attached hydrogens (tertiary/aromatic N) is 2. The van der Waals surface area contributed by atoms with Crippen molar-refractivity contribution in [1.82, 2.24) is 4.98 Å². The summed E-state index contributed by atoms with van der Waals surface area (Å²) in [5.74, 6) is 0.0530. The van der Waals surface area contributed by atoms with Gasteiger partial charge in [-0.1, -0.05) is 6.08 Å². The van der Waals surface area contributed by atoms with Crippen LogP contribution in [0.3, 0.4) is 0 Å². The third kappa shape index (κ3) is 3.62. The Morgan fingerprint density at radius 2 is 2.44 bits per heavy atom. The van der Waals surface area contributed by atoms with Crippen LogP contribution in [0.1, 0.15) is 12.8 Å². The second kappa shape index (κ2) is 6.22. The van der Waals surface area contributed by atoms with Gasteiger partial charge < -0.3 is 4.74 Å². The number of hydrogen-bond acceptors (Lipinski definition) is 4. The molecule has 0 N–H and O–H groups in total. The number of hydrogen-bond donors (Lipinski definition) is 0. The first-order valence-electron chi connectivity index (χ1n) is 4.68. The van der Waals surface area contributed by atoms with E-state index in [1.54, 1.807) is 6.08 Å². The fourth-order valence-electron chi connectivity index (χ4n) is 1.05. The maximum atomic E-state index is 10.7. The summed E-state index contributed by atoms with van der Waals surface area (Å²) in [5, 5.41) is 10.7. The molecule has 0 aromatic carbocycles. The number of allylic oxidation sites excluding steroid dienone is 1. The maximum Gasteiger partial charge on any atom is 0.332 e. The molecule has 0 amide bonds. The van der Waals surface area contributed by atoms with Crippen molar-refractivity contribution in [1.29, 1.82) is 0 Å². The molecule has 1 aromatic heterocycles. The number of halogens is 1. The van der Waals surface area contributed by atoms with Gasteiger partial charge in [0.05, 0.1) is 11.5 Å². The highest BCUT2D eigenvalue weighted by molar-refractivity contribution is 9.10. The Kier molecular flexibility index (Phi) is 4.91. The third-order valence-electron chi connectivity index (χ3n) is 1.79. The average molecular weight is 287 g/mol. The molecule has 0 aliphatic rings. The summed E-state index contributed by atoms with van der Waals surface area (Å²) in [6.45, 7) is 3.97. The molecule has 0 fully saturated rings. The van der Waals surface area contributed by atoms with Gasteiger partial charge in [0.1, 0.15) is 0 Å². The van der Waals surface area contributed by atoms with E-state index in [1.807, 2.05) is 0 Å². The zero-order valence-corrected chi connectivity index (χ0v) is 10.1. The number of pyridine rings is 1. The molecular weight excluding hydrogens is 276 g/mol. The van der Waals surface area contributed by atoms with Gasteiger partial charge in [-0.3, -0.25) is 10.1 Å². The van der Waals surface area contributed by atoms with Crippen LogP contribution < -0.4 is 4.74 Å². The van der Waals surface area contributed by atoms with Crippen molar-refractivity contribution >= 4 is 21.6 Å². The minimum Gasteiger partial charge on any atom is -0.473 e. The van der Waals surface area contributed by atoms with E-state index in [1.165, 1.54) is 12.3 Å². The van der Waals surface area contributed by atoms with E-state index >= 15 is 0 Å². The van der Waals surface area contributed by atoms with Crippen molar-refractivity contribution in [2.75, 3.05) is 6.61 Å². The lowest BCUT2D eigenvalue weighted by molar-refractivity contribution is -0.386. The van der Waals surface area contributed by atoms with Crippen LogP contribution in [0.4, 0.5) is 5.69 Å². The predicted octanol–water partition coefficient (Wildman–Crippen LogP) is 3.10. The molecule has 1 aromatic rings. The molecule has 5 nitrogen and oxygen atoms in total. The highest BCUT2D eigenvalue weighted by Gasteiger charge is 2.16. The first-order chi connectivity index (χ1) is 7.65. The van der Waals surface area contributed by atoms with Crippen molar-refractivity contribution < 1.29 is 9.66 Å². The highest BCUT2D eigenvalue weighted by Crippen LogP contribution is 2.27. The van der Waals surface area contributed by atoms with Crippen molar-refractivity contribution in [3.05, 3.63) is 39.5 Å². The second-order valence-corrected chi connectivity index (χ2v) is 3.93. The van der Waals surface area contributed by atoms with Gasteiger partial charge >= 0.3 is 5.69 Å². The Hall–Kier alpha value is -1.43. The summed E-state index contributed by atoms with van der Waals surface area (Å²) in [6.07, 6.45) is 4.81. The van der Waals surface area contributed by atoms with Crippen molar-refractivity contribution in [2.24, 2.45) is 0 Å². The van der Waals surface area contributed by atoms with Gasteiger partial charge in [0.2, 0.25) is 0 Å². The Morgan fingerprint density at radius 3 is 3.06 bits per heavy atom. The van der Waals surface area contributed by atoms with Crippen molar-refractivity contribution in [3.8, 4) is 5.88 Å². The molecule has 86 valence electrons. The summed E-state index contributed by atoms with van der Waals surface area (Å²) < 4.78 is 5.79. The number of unbranched alkanes of at least 4 members (excludes halogenated alkanes) is 1.